The van der Waals surface area contributed by atoms with E-state index in [2.05, 4.69) is 28.5 Å². The van der Waals surface area contributed by atoms with Gasteiger partial charge in [0.2, 0.25) is 0 Å². The highest BCUT2D eigenvalue weighted by molar-refractivity contribution is 4.81. The van der Waals surface area contributed by atoms with Crippen LogP contribution < -0.4 is 0 Å². The number of nitrogens with zero attached hydrogens (tertiary/aromatic N) is 3. The van der Waals surface area contributed by atoms with Gasteiger partial charge in [-0.2, -0.15) is 0 Å². The summed E-state index contributed by atoms with van der Waals surface area (Å²) in [6.07, 6.45) is 2.34. The van der Waals surface area contributed by atoms with Crippen molar-refractivity contribution in [2.45, 2.75) is 45.8 Å². The van der Waals surface area contributed by atoms with E-state index in [0.29, 0.717) is 6.04 Å². The Morgan fingerprint density at radius 2 is 1.74 bits per heavy atom. The van der Waals surface area contributed by atoms with Crippen LogP contribution in [0.25, 0.3) is 0 Å². The highest BCUT2D eigenvalue weighted by Gasteiger charge is 2.25. The molecular formula is C18H37N3O2. The lowest BCUT2D eigenvalue weighted by Gasteiger charge is -2.41. The van der Waals surface area contributed by atoms with Gasteiger partial charge in [-0.25, -0.2) is 0 Å². The molecule has 2 rings (SSSR count). The zero-order valence-electron chi connectivity index (χ0n) is 15.4. The van der Waals surface area contributed by atoms with Gasteiger partial charge >= 0.3 is 0 Å². The van der Waals surface area contributed by atoms with Crippen molar-refractivity contribution in [2.24, 2.45) is 5.92 Å². The normalized spacial score (nSPS) is 27.4. The van der Waals surface area contributed by atoms with Crippen LogP contribution in [-0.2, 0) is 4.74 Å². The minimum Gasteiger partial charge on any atom is -0.390 e. The number of hydrogen-bond acceptors (Lipinski definition) is 5. The van der Waals surface area contributed by atoms with E-state index in [4.69, 9.17) is 4.74 Å². The molecule has 0 unspecified atom stereocenters. The fourth-order valence-electron chi connectivity index (χ4n) is 3.79. The molecule has 2 atom stereocenters. The van der Waals surface area contributed by atoms with Crippen LogP contribution in [0, 0.1) is 5.92 Å². The quantitative estimate of drug-likeness (QED) is 0.677. The molecule has 0 bridgehead atoms. The fraction of sp³-hybridized carbons (Fsp3) is 1.00. The van der Waals surface area contributed by atoms with E-state index in [0.717, 1.165) is 71.5 Å². The van der Waals surface area contributed by atoms with Crippen molar-refractivity contribution >= 4 is 0 Å². The van der Waals surface area contributed by atoms with Crippen LogP contribution in [0.15, 0.2) is 0 Å². The Balaban J connectivity index is 1.64. The first kappa shape index (κ1) is 19.1. The van der Waals surface area contributed by atoms with Gasteiger partial charge in [-0.1, -0.05) is 6.92 Å². The van der Waals surface area contributed by atoms with Crippen LogP contribution in [0.2, 0.25) is 0 Å². The minimum absolute atomic E-state index is 0.217. The molecular weight excluding hydrogens is 290 g/mol. The zero-order valence-corrected chi connectivity index (χ0v) is 15.4. The molecule has 0 aromatic rings. The standard InChI is InChI=1S/C18H37N3O2/c1-4-23-12-11-21-10-9-20(13-17(21)3)15-18(22)14-19-7-5-16(2)6-8-19/h16-18,22H,4-15H2,1-3H3/t17-,18+/m1/s1. The SMILES string of the molecule is CCOCCN1CCN(C[C@@H](O)CN2CCC(C)CC2)C[C@H]1C. The molecule has 0 spiro atoms. The number of likely N-dealkylation sites (tertiary alicyclic amines) is 1. The molecule has 5 heteroatoms. The first-order chi connectivity index (χ1) is 11.1. The van der Waals surface area contributed by atoms with Crippen molar-refractivity contribution in [1.82, 2.24) is 14.7 Å². The van der Waals surface area contributed by atoms with Crippen LogP contribution >= 0.6 is 0 Å². The largest absolute Gasteiger partial charge is 0.390 e. The third-order valence-corrected chi connectivity index (χ3v) is 5.39. The Bertz CT molecular complexity index is 321. The average Bonchev–Trinajstić information content (AvgIpc) is 2.52. The number of piperidine rings is 1. The molecule has 2 aliphatic rings. The van der Waals surface area contributed by atoms with E-state index in [1.165, 1.54) is 12.8 Å². The predicted molar refractivity (Wildman–Crippen MR) is 94.8 cm³/mol. The smallest absolute Gasteiger partial charge is 0.0793 e. The predicted octanol–water partition coefficient (Wildman–Crippen LogP) is 1.12. The van der Waals surface area contributed by atoms with Crippen LogP contribution in [-0.4, -0.2) is 97.5 Å². The van der Waals surface area contributed by atoms with Gasteiger partial charge in [0, 0.05) is 51.9 Å². The first-order valence-corrected chi connectivity index (χ1v) is 9.53. The topological polar surface area (TPSA) is 39.2 Å². The van der Waals surface area contributed by atoms with Crippen molar-refractivity contribution in [2.75, 3.05) is 65.6 Å². The van der Waals surface area contributed by atoms with E-state index in [1.807, 2.05) is 6.92 Å². The molecule has 2 saturated heterocycles. The summed E-state index contributed by atoms with van der Waals surface area (Å²) in [5.74, 6) is 0.856. The summed E-state index contributed by atoms with van der Waals surface area (Å²) in [4.78, 5) is 7.37. The number of β-amino-alcohol motifs (C(OH)–C–C–N with tert-alkyl or cyclic N) is 1. The number of piperazine rings is 1. The third-order valence-electron chi connectivity index (χ3n) is 5.39. The molecule has 0 aliphatic carbocycles. The Kier molecular flexibility index (Phi) is 8.27. The van der Waals surface area contributed by atoms with E-state index in [1.54, 1.807) is 0 Å². The maximum absolute atomic E-state index is 10.4. The molecule has 0 saturated carbocycles. The van der Waals surface area contributed by atoms with Crippen molar-refractivity contribution in [3.63, 3.8) is 0 Å². The first-order valence-electron chi connectivity index (χ1n) is 9.53. The fourth-order valence-corrected chi connectivity index (χ4v) is 3.79. The summed E-state index contributed by atoms with van der Waals surface area (Å²) in [6.45, 7) is 16.5. The second kappa shape index (κ2) is 9.94. The van der Waals surface area contributed by atoms with E-state index >= 15 is 0 Å². The summed E-state index contributed by atoms with van der Waals surface area (Å²) >= 11 is 0. The Morgan fingerprint density at radius 3 is 2.39 bits per heavy atom. The van der Waals surface area contributed by atoms with Crippen LogP contribution in [0.1, 0.15) is 33.6 Å². The third kappa shape index (κ3) is 6.67. The molecule has 2 heterocycles. The summed E-state index contributed by atoms with van der Waals surface area (Å²) in [7, 11) is 0. The van der Waals surface area contributed by atoms with Gasteiger partial charge in [0.25, 0.3) is 0 Å². The van der Waals surface area contributed by atoms with Crippen molar-refractivity contribution in [3.8, 4) is 0 Å². The second-order valence-corrected chi connectivity index (χ2v) is 7.48. The van der Waals surface area contributed by atoms with Crippen molar-refractivity contribution < 1.29 is 9.84 Å². The van der Waals surface area contributed by atoms with Gasteiger partial charge in [-0.3, -0.25) is 9.80 Å². The van der Waals surface area contributed by atoms with Crippen LogP contribution in [0.4, 0.5) is 0 Å². The molecule has 0 aromatic heterocycles. The average molecular weight is 328 g/mol. The van der Waals surface area contributed by atoms with Crippen molar-refractivity contribution in [3.05, 3.63) is 0 Å². The molecule has 136 valence electrons. The monoisotopic (exact) mass is 327 g/mol. The van der Waals surface area contributed by atoms with E-state index in [-0.39, 0.29) is 6.10 Å². The summed E-state index contributed by atoms with van der Waals surface area (Å²) < 4.78 is 5.47. The number of aliphatic hydroxyl groups excluding tert-OH is 1. The van der Waals surface area contributed by atoms with Crippen LogP contribution in [0.3, 0.4) is 0 Å². The van der Waals surface area contributed by atoms with Gasteiger partial charge in [0.05, 0.1) is 12.7 Å². The highest BCUT2D eigenvalue weighted by atomic mass is 16.5. The van der Waals surface area contributed by atoms with E-state index in [9.17, 15) is 5.11 Å². The molecule has 0 aromatic carbocycles. The van der Waals surface area contributed by atoms with Gasteiger partial charge in [-0.15, -0.1) is 0 Å². The lowest BCUT2D eigenvalue weighted by atomic mass is 9.99. The Morgan fingerprint density at radius 1 is 1.04 bits per heavy atom. The molecule has 0 radical (unpaired) electrons. The summed E-state index contributed by atoms with van der Waals surface area (Å²) in [5.41, 5.74) is 0. The van der Waals surface area contributed by atoms with Gasteiger partial charge in [0.1, 0.15) is 0 Å². The van der Waals surface area contributed by atoms with Crippen LogP contribution in [0.5, 0.6) is 0 Å². The lowest BCUT2D eigenvalue weighted by Crippen LogP contribution is -2.54. The van der Waals surface area contributed by atoms with Gasteiger partial charge in [0.15, 0.2) is 0 Å². The number of aliphatic hydroxyl groups is 1. The van der Waals surface area contributed by atoms with Gasteiger partial charge in [-0.05, 0) is 45.7 Å². The minimum atomic E-state index is -0.217. The molecule has 2 fully saturated rings. The number of rotatable bonds is 8. The molecule has 23 heavy (non-hydrogen) atoms. The Labute approximate surface area is 142 Å². The maximum atomic E-state index is 10.4. The Hall–Kier alpha value is -0.200. The van der Waals surface area contributed by atoms with Crippen molar-refractivity contribution in [1.29, 1.82) is 0 Å². The lowest BCUT2D eigenvalue weighted by molar-refractivity contribution is 0.0164. The zero-order chi connectivity index (χ0) is 16.7. The second-order valence-electron chi connectivity index (χ2n) is 7.48. The maximum Gasteiger partial charge on any atom is 0.0793 e. The molecule has 1 N–H and O–H groups in total. The van der Waals surface area contributed by atoms with E-state index < -0.39 is 0 Å². The number of hydrogen-bond donors (Lipinski definition) is 1. The summed E-state index contributed by atoms with van der Waals surface area (Å²) in [5, 5.41) is 10.4. The highest BCUT2D eigenvalue weighted by Crippen LogP contribution is 2.16. The van der Waals surface area contributed by atoms with Gasteiger partial charge < -0.3 is 14.7 Å². The molecule has 5 nitrogen and oxygen atoms in total. The molecule has 2 aliphatic heterocycles. The number of ether oxygens (including phenoxy) is 1. The molecule has 0 amide bonds. The summed E-state index contributed by atoms with van der Waals surface area (Å²) in [6, 6.07) is 0.548.